The van der Waals surface area contributed by atoms with E-state index in [0.717, 1.165) is 0 Å². The minimum Gasteiger partial charge on any atom is -0.346 e. The van der Waals surface area contributed by atoms with E-state index in [2.05, 4.69) is 15.0 Å². The molecule has 25 heavy (non-hydrogen) atoms. The Morgan fingerprint density at radius 2 is 2.08 bits per heavy atom. The van der Waals surface area contributed by atoms with Crippen LogP contribution in [0.1, 0.15) is 33.6 Å². The summed E-state index contributed by atoms with van der Waals surface area (Å²) in [4.78, 5) is 34.4. The second kappa shape index (κ2) is 6.13. The number of Topliss-reactive ketones (excluding diaryl/α,β-unsaturated/α-hetero) is 1. The summed E-state index contributed by atoms with van der Waals surface area (Å²) in [6.45, 7) is 3.44. The second-order valence-corrected chi connectivity index (χ2v) is 5.59. The molecule has 3 aromatic rings. The molecule has 0 spiro atoms. The minimum atomic E-state index is -1.12. The van der Waals surface area contributed by atoms with Crippen molar-refractivity contribution in [3.8, 4) is 6.07 Å². The number of benzene rings is 1. The number of hydrogen-bond acceptors (Lipinski definition) is 6. The number of rotatable bonds is 4. The van der Waals surface area contributed by atoms with E-state index in [9.17, 15) is 20.2 Å². The Kier molecular flexibility index (Phi) is 3.99. The zero-order valence-corrected chi connectivity index (χ0v) is 13.5. The molecule has 0 saturated carbocycles. The van der Waals surface area contributed by atoms with Crippen LogP contribution < -0.4 is 0 Å². The van der Waals surface area contributed by atoms with E-state index in [1.54, 1.807) is 32.0 Å². The van der Waals surface area contributed by atoms with Crippen LogP contribution in [0.25, 0.3) is 10.9 Å². The third-order valence-electron chi connectivity index (χ3n) is 3.77. The van der Waals surface area contributed by atoms with Crippen molar-refractivity contribution < 1.29 is 9.72 Å². The van der Waals surface area contributed by atoms with Crippen LogP contribution in [0.15, 0.2) is 30.3 Å². The first kappa shape index (κ1) is 16.3. The summed E-state index contributed by atoms with van der Waals surface area (Å²) < 4.78 is 0. The fourth-order valence-corrected chi connectivity index (χ4v) is 2.73. The average molecular weight is 335 g/mol. The van der Waals surface area contributed by atoms with Gasteiger partial charge in [-0.15, -0.1) is 0 Å². The van der Waals surface area contributed by atoms with Crippen molar-refractivity contribution in [2.75, 3.05) is 0 Å². The molecule has 8 nitrogen and oxygen atoms in total. The highest BCUT2D eigenvalue weighted by Crippen LogP contribution is 2.28. The molecule has 0 bridgehead atoms. The molecule has 1 N–H and O–H groups in total. The number of aryl methyl sites for hydroxylation is 2. The molecule has 0 aliphatic rings. The number of nitriles is 1. The summed E-state index contributed by atoms with van der Waals surface area (Å²) in [5.74, 6) is -1.15. The lowest BCUT2D eigenvalue weighted by Gasteiger charge is -2.08. The molecule has 2 aromatic heterocycles. The molecule has 0 amide bonds. The molecule has 1 aromatic carbocycles. The number of hydrogen-bond donors (Lipinski definition) is 1. The fourth-order valence-electron chi connectivity index (χ4n) is 2.73. The van der Waals surface area contributed by atoms with Crippen molar-refractivity contribution >= 4 is 22.4 Å². The van der Waals surface area contributed by atoms with Gasteiger partial charge in [0.05, 0.1) is 22.4 Å². The highest BCUT2D eigenvalue weighted by molar-refractivity contribution is 6.05. The molecule has 1 atom stereocenters. The first-order valence-corrected chi connectivity index (χ1v) is 7.43. The largest absolute Gasteiger partial charge is 0.346 e. The van der Waals surface area contributed by atoms with Crippen LogP contribution in [0.5, 0.6) is 0 Å². The number of ketones is 1. The highest BCUT2D eigenvalue weighted by atomic mass is 16.6. The van der Waals surface area contributed by atoms with E-state index >= 15 is 0 Å². The predicted molar refractivity (Wildman–Crippen MR) is 89.1 cm³/mol. The van der Waals surface area contributed by atoms with Gasteiger partial charge in [-0.2, -0.15) is 5.26 Å². The molecule has 3 rings (SSSR count). The summed E-state index contributed by atoms with van der Waals surface area (Å²) >= 11 is 0. The zero-order valence-electron chi connectivity index (χ0n) is 13.5. The SMILES string of the molecule is Cc1cc([C@H](C#N)C(=O)c2cc3cccc([N+](=O)[O-])c3[nH]2)nc(C)n1. The van der Waals surface area contributed by atoms with Gasteiger partial charge in [-0.25, -0.2) is 9.97 Å². The van der Waals surface area contributed by atoms with E-state index < -0.39 is 16.6 Å². The van der Waals surface area contributed by atoms with Gasteiger partial charge in [0.15, 0.2) is 5.92 Å². The second-order valence-electron chi connectivity index (χ2n) is 5.59. The van der Waals surface area contributed by atoms with Crippen LogP contribution in [0.3, 0.4) is 0 Å². The molecule has 0 fully saturated rings. The quantitative estimate of drug-likeness (QED) is 0.444. The van der Waals surface area contributed by atoms with Crippen LogP contribution in [0, 0.1) is 35.3 Å². The van der Waals surface area contributed by atoms with Crippen molar-refractivity contribution in [3.63, 3.8) is 0 Å². The number of aromatic amines is 1. The topological polar surface area (TPSA) is 126 Å². The molecule has 8 heteroatoms. The molecule has 0 unspecified atom stereocenters. The molecule has 0 radical (unpaired) electrons. The van der Waals surface area contributed by atoms with E-state index in [-0.39, 0.29) is 16.9 Å². The van der Waals surface area contributed by atoms with Gasteiger partial charge < -0.3 is 4.98 Å². The molecule has 124 valence electrons. The standard InChI is InChI=1S/C17H13N5O3/c1-9-6-13(20-10(2)19-9)12(8-18)17(23)14-7-11-4-3-5-15(22(24)25)16(11)21-14/h3-7,12,21H,1-2H3/t12-/m0/s1. The van der Waals surface area contributed by atoms with Crippen LogP contribution in [0.4, 0.5) is 5.69 Å². The van der Waals surface area contributed by atoms with Crippen LogP contribution in [-0.4, -0.2) is 25.7 Å². The molecule has 0 aliphatic carbocycles. The van der Waals surface area contributed by atoms with Gasteiger partial charge in [-0.05, 0) is 26.0 Å². The maximum Gasteiger partial charge on any atom is 0.293 e. The number of nitrogens with one attached hydrogen (secondary N) is 1. The van der Waals surface area contributed by atoms with Gasteiger partial charge in [0, 0.05) is 17.1 Å². The number of aromatic nitrogens is 3. The highest BCUT2D eigenvalue weighted by Gasteiger charge is 2.26. The first-order valence-electron chi connectivity index (χ1n) is 7.43. The van der Waals surface area contributed by atoms with E-state index in [4.69, 9.17) is 0 Å². The number of nitro benzene ring substituents is 1. The monoisotopic (exact) mass is 335 g/mol. The van der Waals surface area contributed by atoms with Crippen LogP contribution in [0.2, 0.25) is 0 Å². The summed E-state index contributed by atoms with van der Waals surface area (Å²) in [6, 6.07) is 9.62. The average Bonchev–Trinajstić information content (AvgIpc) is 2.98. The van der Waals surface area contributed by atoms with Gasteiger partial charge >= 0.3 is 0 Å². The molecule has 0 saturated heterocycles. The van der Waals surface area contributed by atoms with Crippen molar-refractivity contribution in [1.82, 2.24) is 15.0 Å². The Labute approximate surface area is 142 Å². The Morgan fingerprint density at radius 3 is 2.72 bits per heavy atom. The van der Waals surface area contributed by atoms with Gasteiger partial charge in [0.2, 0.25) is 5.78 Å². The Balaban J connectivity index is 2.07. The first-order chi connectivity index (χ1) is 11.9. The smallest absolute Gasteiger partial charge is 0.293 e. The maximum absolute atomic E-state index is 12.8. The third-order valence-corrected chi connectivity index (χ3v) is 3.77. The zero-order chi connectivity index (χ0) is 18.1. The summed E-state index contributed by atoms with van der Waals surface area (Å²) in [7, 11) is 0. The van der Waals surface area contributed by atoms with Crippen molar-refractivity contribution in [2.45, 2.75) is 19.8 Å². The normalized spacial score (nSPS) is 11.9. The van der Waals surface area contributed by atoms with E-state index in [1.165, 1.54) is 12.1 Å². The lowest BCUT2D eigenvalue weighted by atomic mass is 9.98. The Bertz CT molecular complexity index is 1030. The van der Waals surface area contributed by atoms with Crippen LogP contribution in [-0.2, 0) is 0 Å². The lowest BCUT2D eigenvalue weighted by molar-refractivity contribution is -0.383. The van der Waals surface area contributed by atoms with E-state index in [0.29, 0.717) is 22.6 Å². The summed E-state index contributed by atoms with van der Waals surface area (Å²) in [5.41, 5.74) is 1.22. The Hall–Kier alpha value is -3.60. The lowest BCUT2D eigenvalue weighted by Crippen LogP contribution is -2.14. The van der Waals surface area contributed by atoms with Gasteiger partial charge in [0.1, 0.15) is 11.3 Å². The molecule has 0 aliphatic heterocycles. The minimum absolute atomic E-state index is 0.126. The summed E-state index contributed by atoms with van der Waals surface area (Å²) in [6.07, 6.45) is 0. The summed E-state index contributed by atoms with van der Waals surface area (Å²) in [5, 5.41) is 21.1. The van der Waals surface area contributed by atoms with Gasteiger partial charge in [-0.3, -0.25) is 14.9 Å². The number of nitrogens with zero attached hydrogens (tertiary/aromatic N) is 4. The van der Waals surface area contributed by atoms with Crippen molar-refractivity contribution in [3.05, 3.63) is 63.4 Å². The molecular weight excluding hydrogens is 322 g/mol. The van der Waals surface area contributed by atoms with Gasteiger partial charge in [-0.1, -0.05) is 12.1 Å². The molecular formula is C17H13N5O3. The maximum atomic E-state index is 12.8. The number of non-ortho nitro benzene ring substituents is 1. The van der Waals surface area contributed by atoms with Gasteiger partial charge in [0.25, 0.3) is 5.69 Å². The predicted octanol–water partition coefficient (Wildman–Crippen LogP) is 2.97. The van der Waals surface area contributed by atoms with Crippen molar-refractivity contribution in [2.24, 2.45) is 0 Å². The number of fused-ring (bicyclic) bond motifs is 1. The third kappa shape index (κ3) is 2.95. The number of H-pyrrole nitrogens is 1. The number of para-hydroxylation sites is 1. The van der Waals surface area contributed by atoms with Crippen LogP contribution >= 0.6 is 0 Å². The van der Waals surface area contributed by atoms with Crippen molar-refractivity contribution in [1.29, 1.82) is 5.26 Å². The Morgan fingerprint density at radius 1 is 1.32 bits per heavy atom. The number of carbonyl (C=O) groups excluding carboxylic acids is 1. The fraction of sp³-hybridized carbons (Fsp3) is 0.176. The molecule has 2 heterocycles. The number of nitro groups is 1. The number of carbonyl (C=O) groups is 1. The van der Waals surface area contributed by atoms with E-state index in [1.807, 2.05) is 6.07 Å².